The monoisotopic (exact) mass is 680 g/mol. The first-order chi connectivity index (χ1) is 22.9. The fraction of sp³-hybridized carbons (Fsp3) is 0.841. The minimum atomic E-state index is -1.25. The highest BCUT2D eigenvalue weighted by molar-refractivity contribution is 5.75. The van der Waals surface area contributed by atoms with E-state index in [1.165, 1.54) is 68.1 Å². The molecule has 49 heavy (non-hydrogen) atoms. The molecule has 0 amide bonds. The molecule has 6 aliphatic rings. The summed E-state index contributed by atoms with van der Waals surface area (Å²) in [7, 11) is 0. The van der Waals surface area contributed by atoms with Gasteiger partial charge in [-0.15, -0.1) is 0 Å². The van der Waals surface area contributed by atoms with Gasteiger partial charge >= 0.3 is 5.97 Å². The molecule has 4 fully saturated rings. The van der Waals surface area contributed by atoms with Crippen LogP contribution in [0.3, 0.4) is 0 Å². The van der Waals surface area contributed by atoms with Crippen molar-refractivity contribution in [2.45, 2.75) is 163 Å². The molecule has 5 heteroatoms. The summed E-state index contributed by atoms with van der Waals surface area (Å²) >= 11 is 0. The second-order valence-corrected chi connectivity index (χ2v) is 19.6. The summed E-state index contributed by atoms with van der Waals surface area (Å²) in [5.41, 5.74) is 3.16. The van der Waals surface area contributed by atoms with E-state index in [2.05, 4.69) is 79.4 Å². The normalized spacial score (nSPS) is 44.5. The Morgan fingerprint density at radius 2 is 1.65 bits per heavy atom. The van der Waals surface area contributed by atoms with Crippen molar-refractivity contribution in [3.8, 4) is 0 Å². The molecule has 0 aromatic heterocycles. The number of aliphatic hydroxyl groups is 1. The highest BCUT2D eigenvalue weighted by atomic mass is 19.1. The molecule has 4 saturated carbocycles. The van der Waals surface area contributed by atoms with Gasteiger partial charge in [0.1, 0.15) is 6.67 Å². The van der Waals surface area contributed by atoms with Gasteiger partial charge in [-0.2, -0.15) is 0 Å². The van der Waals surface area contributed by atoms with Gasteiger partial charge in [0.25, 0.3) is 0 Å². The number of fused-ring (bicyclic) bond motifs is 7. The van der Waals surface area contributed by atoms with Crippen molar-refractivity contribution >= 4 is 5.97 Å². The molecule has 4 nitrogen and oxygen atoms in total. The third-order valence-electron chi connectivity index (χ3n) is 17.7. The third kappa shape index (κ3) is 5.42. The van der Waals surface area contributed by atoms with E-state index < -0.39 is 23.7 Å². The first kappa shape index (κ1) is 37.3. The van der Waals surface area contributed by atoms with Gasteiger partial charge in [0.2, 0.25) is 0 Å². The Morgan fingerprint density at radius 1 is 0.939 bits per heavy atom. The highest BCUT2D eigenvalue weighted by Crippen LogP contribution is 2.76. The topological polar surface area (TPSA) is 69.6 Å². The number of alkyl halides is 1. The molecule has 10 atom stereocenters. The maximum Gasteiger partial charge on any atom is 0.312 e. The summed E-state index contributed by atoms with van der Waals surface area (Å²) in [6.07, 6.45) is 19.6. The second-order valence-electron chi connectivity index (χ2n) is 19.6. The van der Waals surface area contributed by atoms with Crippen molar-refractivity contribution in [2.75, 3.05) is 13.2 Å². The van der Waals surface area contributed by atoms with Crippen LogP contribution in [-0.2, 0) is 4.79 Å². The molecule has 6 rings (SSSR count). The van der Waals surface area contributed by atoms with E-state index in [-0.39, 0.29) is 27.2 Å². The van der Waals surface area contributed by atoms with E-state index in [0.717, 1.165) is 32.2 Å². The quantitative estimate of drug-likeness (QED) is 0.201. The fourth-order valence-electron chi connectivity index (χ4n) is 14.3. The molecule has 6 aliphatic carbocycles. The zero-order valence-electron chi connectivity index (χ0n) is 32.5. The minimum Gasteiger partial charge on any atom is -0.481 e. The van der Waals surface area contributed by atoms with Gasteiger partial charge in [-0.1, -0.05) is 72.8 Å². The maximum absolute atomic E-state index is 14.0. The number of carboxylic acid groups (broad SMARTS) is 1. The van der Waals surface area contributed by atoms with Gasteiger partial charge in [0, 0.05) is 5.54 Å². The number of rotatable bonds is 10. The number of aliphatic carboxylic acids is 1. The smallest absolute Gasteiger partial charge is 0.312 e. The molecule has 0 unspecified atom stereocenters. The summed E-state index contributed by atoms with van der Waals surface area (Å²) in [4.78, 5) is 12.0. The van der Waals surface area contributed by atoms with Crippen LogP contribution >= 0.6 is 0 Å². The van der Waals surface area contributed by atoms with Crippen molar-refractivity contribution in [1.82, 2.24) is 5.32 Å². The largest absolute Gasteiger partial charge is 0.481 e. The molecule has 276 valence electrons. The standard InChI is InChI=1S/C44H70FNO3/c1-10-43(49,11-2)26-27-46-44-23-16-31(29(3)4)36(44)33-12-13-35-39(7)19-17-32(30-14-21-42(28-45,22-15-30)37(47)48)38(5,6)34(39)18-20-41(35,9)40(33,8)24-25-44/h14,17,31,33-36,46,49H,3,10-13,15-16,18-28H2,1-2,4-9H3,(H,47,48)/t31-,33+,34-,35+,36+,39-,40+,41+,42-,44-/m0/s1. The Bertz CT molecular complexity index is 1380. The molecule has 0 aliphatic heterocycles. The summed E-state index contributed by atoms with van der Waals surface area (Å²) in [5.74, 6) is 2.10. The Kier molecular flexibility index (Phi) is 9.59. The minimum absolute atomic E-state index is 0.00208. The number of allylic oxidation sites excluding steroid dienone is 5. The summed E-state index contributed by atoms with van der Waals surface area (Å²) in [6.45, 7) is 24.2. The van der Waals surface area contributed by atoms with E-state index in [1.807, 2.05) is 0 Å². The highest BCUT2D eigenvalue weighted by Gasteiger charge is 2.70. The van der Waals surface area contributed by atoms with Crippen LogP contribution in [0.5, 0.6) is 0 Å². The Hall–Kier alpha value is -1.46. The molecular weight excluding hydrogens is 609 g/mol. The summed E-state index contributed by atoms with van der Waals surface area (Å²) in [6, 6.07) is 0. The van der Waals surface area contributed by atoms with Gasteiger partial charge in [-0.25, -0.2) is 4.39 Å². The average molecular weight is 680 g/mol. The van der Waals surface area contributed by atoms with Gasteiger partial charge < -0.3 is 15.5 Å². The van der Waals surface area contributed by atoms with E-state index in [9.17, 15) is 19.4 Å². The van der Waals surface area contributed by atoms with Crippen LogP contribution < -0.4 is 5.32 Å². The number of hydrogen-bond donors (Lipinski definition) is 3. The van der Waals surface area contributed by atoms with Gasteiger partial charge in [-0.05, 0) is 172 Å². The molecule has 0 aromatic carbocycles. The lowest BCUT2D eigenvalue weighted by Crippen LogP contribution is -2.68. The van der Waals surface area contributed by atoms with Crippen molar-refractivity contribution in [2.24, 2.45) is 56.7 Å². The predicted octanol–water partition coefficient (Wildman–Crippen LogP) is 10.6. The van der Waals surface area contributed by atoms with E-state index in [0.29, 0.717) is 48.9 Å². The van der Waals surface area contributed by atoms with Gasteiger partial charge in [0.15, 0.2) is 0 Å². The Labute approximate surface area is 298 Å². The van der Waals surface area contributed by atoms with E-state index >= 15 is 0 Å². The Morgan fingerprint density at radius 3 is 2.24 bits per heavy atom. The zero-order chi connectivity index (χ0) is 35.8. The zero-order valence-corrected chi connectivity index (χ0v) is 32.5. The van der Waals surface area contributed by atoms with Gasteiger partial charge in [0.05, 0.1) is 11.0 Å². The van der Waals surface area contributed by atoms with Crippen LogP contribution in [0.2, 0.25) is 0 Å². The molecule has 0 bridgehead atoms. The first-order valence-corrected chi connectivity index (χ1v) is 20.2. The molecule has 0 radical (unpaired) electrons. The maximum atomic E-state index is 14.0. The number of nitrogens with one attached hydrogen (secondary N) is 1. The molecular formula is C44H70FNO3. The van der Waals surface area contributed by atoms with Crippen molar-refractivity contribution in [1.29, 1.82) is 0 Å². The lowest BCUT2D eigenvalue weighted by molar-refractivity contribution is -0.221. The second kappa shape index (κ2) is 12.6. The number of carbonyl (C=O) groups is 1. The molecule has 0 saturated heterocycles. The van der Waals surface area contributed by atoms with Crippen LogP contribution in [0.1, 0.15) is 152 Å². The summed E-state index contributed by atoms with van der Waals surface area (Å²) < 4.78 is 14.0. The predicted molar refractivity (Wildman–Crippen MR) is 199 cm³/mol. The number of carboxylic acids is 1. The lowest BCUT2D eigenvalue weighted by atomic mass is 9.33. The van der Waals surface area contributed by atoms with E-state index in [1.54, 1.807) is 0 Å². The van der Waals surface area contributed by atoms with E-state index in [4.69, 9.17) is 0 Å². The van der Waals surface area contributed by atoms with Crippen LogP contribution in [0.25, 0.3) is 0 Å². The SMILES string of the molecule is C=C(C)[C@@H]1CC[C@]2(NCCC(O)(CC)CC)CC[C@]3(C)[C@H](CC[C@@H]4[C@@]5(C)CC=C(C6=CC[C@](CF)(C(=O)O)CC6)C(C)(C)[C@@H]5CC[C@]43C)[C@@H]12. The lowest BCUT2D eigenvalue weighted by Gasteiger charge is -2.72. The number of hydrogen-bond acceptors (Lipinski definition) is 3. The van der Waals surface area contributed by atoms with Gasteiger partial charge in [-0.3, -0.25) is 4.79 Å². The molecule has 0 aromatic rings. The molecule has 0 heterocycles. The fourth-order valence-corrected chi connectivity index (χ4v) is 14.3. The Balaban J connectivity index is 1.28. The van der Waals surface area contributed by atoms with Crippen LogP contribution in [0, 0.1) is 56.7 Å². The third-order valence-corrected chi connectivity index (χ3v) is 17.7. The number of halogens is 1. The summed E-state index contributed by atoms with van der Waals surface area (Å²) in [5, 5.41) is 25.1. The van der Waals surface area contributed by atoms with Crippen LogP contribution in [0.15, 0.2) is 35.5 Å². The van der Waals surface area contributed by atoms with Crippen molar-refractivity contribution < 1.29 is 19.4 Å². The van der Waals surface area contributed by atoms with Crippen LogP contribution in [0.4, 0.5) is 4.39 Å². The molecule has 3 N–H and O–H groups in total. The first-order valence-electron chi connectivity index (χ1n) is 20.2. The van der Waals surface area contributed by atoms with Crippen molar-refractivity contribution in [3.63, 3.8) is 0 Å². The van der Waals surface area contributed by atoms with Crippen molar-refractivity contribution in [3.05, 3.63) is 35.5 Å². The van der Waals surface area contributed by atoms with Crippen LogP contribution in [-0.4, -0.2) is 40.5 Å². The molecule has 0 spiro atoms. The average Bonchev–Trinajstić information content (AvgIpc) is 3.45.